The minimum Gasteiger partial charge on any atom is -0.390 e. The van der Waals surface area contributed by atoms with Gasteiger partial charge in [-0.1, -0.05) is 0 Å². The maximum atomic E-state index is 10.2. The molecule has 104 valence electrons. The normalized spacial score (nSPS) is 15.9. The Kier molecular flexibility index (Phi) is 8.36. The molecule has 0 amide bonds. The van der Waals surface area contributed by atoms with Crippen molar-refractivity contribution in [2.75, 3.05) is 42.0 Å². The number of hydrogen-bond acceptors (Lipinski definition) is 7. The van der Waals surface area contributed by atoms with Gasteiger partial charge in [0.2, 0.25) is 0 Å². The molecule has 7 nitrogen and oxygen atoms in total. The van der Waals surface area contributed by atoms with Crippen molar-refractivity contribution in [2.45, 2.75) is 12.5 Å². The van der Waals surface area contributed by atoms with Gasteiger partial charge < -0.3 is 31.9 Å². The summed E-state index contributed by atoms with van der Waals surface area (Å²) in [5.41, 5.74) is 0. The molecule has 0 bridgehead atoms. The molecule has 0 aliphatic carbocycles. The van der Waals surface area contributed by atoms with Crippen LogP contribution >= 0.6 is 0 Å². The Hall–Kier alpha value is 0.154. The molecule has 0 saturated heterocycles. The fourth-order valence-electron chi connectivity index (χ4n) is 1.25. The third-order valence-electron chi connectivity index (χ3n) is 2.27. The molecule has 0 radical (unpaired) electrons. The number of hydrogen-bond donors (Lipinski definition) is 2. The smallest absolute Gasteiger partial charge is 0.390 e. The van der Waals surface area contributed by atoms with Crippen LogP contribution in [0.1, 0.15) is 6.42 Å². The highest BCUT2D eigenvalue weighted by Crippen LogP contribution is 2.19. The lowest BCUT2D eigenvalue weighted by molar-refractivity contribution is 0.0198. The van der Waals surface area contributed by atoms with Crippen molar-refractivity contribution < 1.29 is 26.6 Å². The van der Waals surface area contributed by atoms with Crippen LogP contribution in [0.4, 0.5) is 0 Å². The zero-order valence-electron chi connectivity index (χ0n) is 11.1. The van der Waals surface area contributed by atoms with E-state index in [4.69, 9.17) is 21.8 Å². The van der Waals surface area contributed by atoms with E-state index >= 15 is 0 Å². The Morgan fingerprint density at radius 1 is 1.00 bits per heavy atom. The second-order valence-electron chi connectivity index (χ2n) is 3.34. The summed E-state index contributed by atoms with van der Waals surface area (Å²) in [5, 5.41) is 2.99. The molecular formula is C8H23NO6Si2. The van der Waals surface area contributed by atoms with Crippen LogP contribution < -0.4 is 5.32 Å². The van der Waals surface area contributed by atoms with Gasteiger partial charge in [0.25, 0.3) is 0 Å². The van der Waals surface area contributed by atoms with Crippen LogP contribution in [0.15, 0.2) is 0 Å². The average Bonchev–Trinajstić information content (AvgIpc) is 2.37. The predicted molar refractivity (Wildman–Crippen MR) is 66.2 cm³/mol. The summed E-state index contributed by atoms with van der Waals surface area (Å²) in [6.45, 7) is 0.767. The maximum Gasteiger partial charge on any atom is 0.671 e. The van der Waals surface area contributed by atoms with Crippen LogP contribution in [0.25, 0.3) is 0 Å². The van der Waals surface area contributed by atoms with E-state index in [2.05, 4.69) is 5.32 Å². The quantitative estimate of drug-likeness (QED) is 0.416. The zero-order chi connectivity index (χ0) is 13.4. The van der Waals surface area contributed by atoms with E-state index in [0.717, 1.165) is 13.0 Å². The molecule has 9 heteroatoms. The fourth-order valence-corrected chi connectivity index (χ4v) is 5.89. The lowest BCUT2D eigenvalue weighted by Crippen LogP contribution is -2.57. The minimum absolute atomic E-state index is 0.412. The molecule has 0 aliphatic heterocycles. The molecule has 0 aromatic carbocycles. The van der Waals surface area contributed by atoms with Gasteiger partial charge in [-0.25, -0.2) is 0 Å². The SMILES string of the molecule is CNCCC[Si](O)(OC)O[Si](OC)(OC)OC. The number of rotatable bonds is 10. The van der Waals surface area contributed by atoms with Gasteiger partial charge in [-0.3, -0.25) is 0 Å². The molecule has 1 atom stereocenters. The molecule has 0 rings (SSSR count). The van der Waals surface area contributed by atoms with E-state index in [-0.39, 0.29) is 0 Å². The average molecular weight is 285 g/mol. The first kappa shape index (κ1) is 17.2. The van der Waals surface area contributed by atoms with E-state index < -0.39 is 17.9 Å². The topological polar surface area (TPSA) is 78.4 Å². The van der Waals surface area contributed by atoms with Crippen molar-refractivity contribution in [3.05, 3.63) is 0 Å². The summed E-state index contributed by atoms with van der Waals surface area (Å²) < 4.78 is 25.8. The van der Waals surface area contributed by atoms with Gasteiger partial charge in [0.1, 0.15) is 0 Å². The van der Waals surface area contributed by atoms with Crippen molar-refractivity contribution in [1.29, 1.82) is 0 Å². The van der Waals surface area contributed by atoms with Gasteiger partial charge in [-0.05, 0) is 20.0 Å². The van der Waals surface area contributed by atoms with E-state index in [1.165, 1.54) is 28.4 Å². The standard InChI is InChI=1S/C8H23NO6Si2/c1-9-7-6-8-16(10,11-2)15-17(12-3,13-4)14-5/h9-10H,6-8H2,1-5H3. The van der Waals surface area contributed by atoms with Crippen molar-refractivity contribution in [3.63, 3.8) is 0 Å². The Labute approximate surface area is 105 Å². The monoisotopic (exact) mass is 285 g/mol. The summed E-state index contributed by atoms with van der Waals surface area (Å²) in [4.78, 5) is 10.2. The zero-order valence-corrected chi connectivity index (χ0v) is 13.1. The molecule has 0 spiro atoms. The predicted octanol–water partition coefficient (Wildman–Crippen LogP) is -0.435. The van der Waals surface area contributed by atoms with Gasteiger partial charge in [0.15, 0.2) is 0 Å². The highest BCUT2D eigenvalue weighted by Gasteiger charge is 2.52. The van der Waals surface area contributed by atoms with Crippen molar-refractivity contribution in [1.82, 2.24) is 5.32 Å². The lowest BCUT2D eigenvalue weighted by Gasteiger charge is -2.31. The van der Waals surface area contributed by atoms with Gasteiger partial charge >= 0.3 is 17.9 Å². The van der Waals surface area contributed by atoms with Crippen LogP contribution in [0.3, 0.4) is 0 Å². The Morgan fingerprint density at radius 3 is 1.88 bits per heavy atom. The summed E-state index contributed by atoms with van der Waals surface area (Å²) in [6.07, 6.45) is 0.731. The van der Waals surface area contributed by atoms with Crippen LogP contribution in [0.2, 0.25) is 6.04 Å². The second-order valence-corrected chi connectivity index (χ2v) is 8.71. The maximum absolute atomic E-state index is 10.2. The van der Waals surface area contributed by atoms with Crippen molar-refractivity contribution in [2.24, 2.45) is 0 Å². The van der Waals surface area contributed by atoms with Gasteiger partial charge in [0.05, 0.1) is 0 Å². The van der Waals surface area contributed by atoms with Crippen LogP contribution in [-0.4, -0.2) is 64.7 Å². The van der Waals surface area contributed by atoms with Crippen LogP contribution in [0.5, 0.6) is 0 Å². The van der Waals surface area contributed by atoms with Gasteiger partial charge in [-0.2, -0.15) is 0 Å². The molecule has 17 heavy (non-hydrogen) atoms. The third-order valence-corrected chi connectivity index (χ3v) is 7.67. The molecule has 2 N–H and O–H groups in total. The summed E-state index contributed by atoms with van der Waals surface area (Å²) in [7, 11) is 0.911. The highest BCUT2D eigenvalue weighted by molar-refractivity contribution is 6.71. The van der Waals surface area contributed by atoms with E-state index in [0.29, 0.717) is 6.04 Å². The molecule has 0 aromatic heterocycles. The van der Waals surface area contributed by atoms with Crippen molar-refractivity contribution >= 4 is 17.9 Å². The van der Waals surface area contributed by atoms with Crippen LogP contribution in [-0.2, 0) is 21.8 Å². The van der Waals surface area contributed by atoms with E-state index in [1.54, 1.807) is 0 Å². The Morgan fingerprint density at radius 2 is 1.53 bits per heavy atom. The molecule has 0 heterocycles. The summed E-state index contributed by atoms with van der Waals surface area (Å²) in [6, 6.07) is 0.412. The molecule has 0 aromatic rings. The Balaban J connectivity index is 4.52. The molecule has 0 fully saturated rings. The lowest BCUT2D eigenvalue weighted by atomic mass is 10.5. The molecule has 1 unspecified atom stereocenters. The largest absolute Gasteiger partial charge is 0.671 e. The second kappa shape index (κ2) is 8.29. The highest BCUT2D eigenvalue weighted by atomic mass is 28.5. The van der Waals surface area contributed by atoms with E-state index in [1.807, 2.05) is 7.05 Å². The fraction of sp³-hybridized carbons (Fsp3) is 1.00. The first-order valence-corrected chi connectivity index (χ1v) is 8.89. The van der Waals surface area contributed by atoms with Gasteiger partial charge in [0, 0.05) is 34.5 Å². The summed E-state index contributed by atoms with van der Waals surface area (Å²) in [5.74, 6) is 0. The Bertz CT molecular complexity index is 198. The minimum atomic E-state index is -3.31. The summed E-state index contributed by atoms with van der Waals surface area (Å²) >= 11 is 0. The first-order chi connectivity index (χ1) is 8.01. The molecular weight excluding hydrogens is 262 g/mol. The third kappa shape index (κ3) is 5.55. The molecule has 0 aliphatic rings. The first-order valence-electron chi connectivity index (χ1n) is 5.29. The van der Waals surface area contributed by atoms with Crippen molar-refractivity contribution in [3.8, 4) is 0 Å². The molecule has 0 saturated carbocycles. The van der Waals surface area contributed by atoms with E-state index in [9.17, 15) is 4.80 Å². The van der Waals surface area contributed by atoms with Crippen LogP contribution in [0, 0.1) is 0 Å². The van der Waals surface area contributed by atoms with Gasteiger partial charge in [-0.15, -0.1) is 0 Å². The number of nitrogens with one attached hydrogen (secondary N) is 1.